The van der Waals surface area contributed by atoms with Crippen LogP contribution in [0.4, 0.5) is 11.6 Å². The topological polar surface area (TPSA) is 87.3 Å². The Morgan fingerprint density at radius 2 is 1.50 bits per heavy atom. The highest BCUT2D eigenvalue weighted by atomic mass is 16.6. The normalized spacial score (nSPS) is 18.7. The largest absolute Gasteiger partial charge is 0.353 e. The first-order valence-corrected chi connectivity index (χ1v) is 9.99. The summed E-state index contributed by atoms with van der Waals surface area (Å²) in [5.74, 6) is 1.82. The van der Waals surface area contributed by atoms with Crippen LogP contribution < -0.4 is 9.80 Å². The fourth-order valence-corrected chi connectivity index (χ4v) is 4.04. The van der Waals surface area contributed by atoms with Gasteiger partial charge in [-0.05, 0) is 41.7 Å². The summed E-state index contributed by atoms with van der Waals surface area (Å²) in [6.07, 6.45) is 5.31. The second-order valence-corrected chi connectivity index (χ2v) is 7.41. The monoisotopic (exact) mass is 380 g/mol. The van der Waals surface area contributed by atoms with Gasteiger partial charge in [0.15, 0.2) is 11.6 Å². The van der Waals surface area contributed by atoms with Crippen molar-refractivity contribution < 1.29 is 4.63 Å². The van der Waals surface area contributed by atoms with Crippen molar-refractivity contribution in [2.24, 2.45) is 0 Å². The van der Waals surface area contributed by atoms with Crippen molar-refractivity contribution in [2.45, 2.75) is 25.8 Å². The zero-order valence-electron chi connectivity index (χ0n) is 15.9. The Labute approximate surface area is 163 Å². The maximum absolute atomic E-state index is 4.86. The lowest BCUT2D eigenvalue weighted by molar-refractivity contribution is 0.282. The van der Waals surface area contributed by atoms with E-state index in [1.807, 2.05) is 18.3 Å². The van der Waals surface area contributed by atoms with E-state index in [0.29, 0.717) is 11.3 Å². The molecule has 0 saturated carbocycles. The van der Waals surface area contributed by atoms with Gasteiger partial charge in [-0.1, -0.05) is 6.07 Å². The number of fused-ring (bicyclic) bond motifs is 1. The molecule has 0 spiro atoms. The molecule has 9 heteroatoms. The minimum atomic E-state index is 0.479. The lowest BCUT2D eigenvalue weighted by Gasteiger charge is -2.27. The smallest absolute Gasteiger partial charge is 0.245 e. The molecule has 0 amide bonds. The molecule has 0 bridgehead atoms. The first-order chi connectivity index (χ1) is 13.9. The average molecular weight is 380 g/mol. The van der Waals surface area contributed by atoms with Crippen LogP contribution in [-0.2, 0) is 6.54 Å². The van der Waals surface area contributed by atoms with E-state index in [2.05, 4.69) is 36.1 Å². The maximum Gasteiger partial charge on any atom is 0.245 e. The van der Waals surface area contributed by atoms with Gasteiger partial charge in [0, 0.05) is 52.0 Å². The first-order valence-electron chi connectivity index (χ1n) is 9.99. The second-order valence-electron chi connectivity index (χ2n) is 7.41. The third-order valence-corrected chi connectivity index (χ3v) is 5.48. The minimum absolute atomic E-state index is 0.479. The number of aromatic nitrogens is 5. The van der Waals surface area contributed by atoms with Crippen LogP contribution in [0.1, 0.15) is 25.0 Å². The Morgan fingerprint density at radius 1 is 0.786 bits per heavy atom. The van der Waals surface area contributed by atoms with Gasteiger partial charge in [0.1, 0.15) is 0 Å². The Morgan fingerprint density at radius 3 is 2.21 bits per heavy atom. The van der Waals surface area contributed by atoms with Crippen molar-refractivity contribution in [3.05, 3.63) is 30.1 Å². The van der Waals surface area contributed by atoms with E-state index in [-0.39, 0.29) is 0 Å². The van der Waals surface area contributed by atoms with E-state index in [4.69, 9.17) is 14.6 Å². The van der Waals surface area contributed by atoms with E-state index in [1.54, 1.807) is 0 Å². The fourth-order valence-electron chi connectivity index (χ4n) is 4.04. The van der Waals surface area contributed by atoms with Crippen molar-refractivity contribution in [1.29, 1.82) is 0 Å². The van der Waals surface area contributed by atoms with Gasteiger partial charge in [0.25, 0.3) is 0 Å². The predicted octanol–water partition coefficient (Wildman–Crippen LogP) is 1.72. The van der Waals surface area contributed by atoms with E-state index < -0.39 is 0 Å². The summed E-state index contributed by atoms with van der Waals surface area (Å²) in [6, 6.07) is 6.10. The van der Waals surface area contributed by atoms with Crippen molar-refractivity contribution in [1.82, 2.24) is 30.2 Å². The molecule has 9 nitrogen and oxygen atoms in total. The summed E-state index contributed by atoms with van der Waals surface area (Å²) >= 11 is 0. The SMILES string of the molecule is c1ccc(CN2CCCN(c3nc4nonc4nc3N3CCCC3)CC2)nc1. The molecule has 5 rings (SSSR count). The molecule has 2 aliphatic heterocycles. The summed E-state index contributed by atoms with van der Waals surface area (Å²) in [7, 11) is 0. The van der Waals surface area contributed by atoms with Gasteiger partial charge >= 0.3 is 0 Å². The highest BCUT2D eigenvalue weighted by molar-refractivity contribution is 5.74. The molecule has 0 aromatic carbocycles. The van der Waals surface area contributed by atoms with Crippen molar-refractivity contribution in [3.8, 4) is 0 Å². The fraction of sp³-hybridized carbons (Fsp3) is 0.526. The molecule has 2 aliphatic rings. The predicted molar refractivity (Wildman–Crippen MR) is 105 cm³/mol. The quantitative estimate of drug-likeness (QED) is 0.671. The minimum Gasteiger partial charge on any atom is -0.353 e. The molecule has 2 saturated heterocycles. The summed E-state index contributed by atoms with van der Waals surface area (Å²) in [4.78, 5) is 21.1. The van der Waals surface area contributed by atoms with Gasteiger partial charge in [-0.25, -0.2) is 14.6 Å². The molecule has 0 aliphatic carbocycles. The van der Waals surface area contributed by atoms with Gasteiger partial charge < -0.3 is 9.80 Å². The van der Waals surface area contributed by atoms with Crippen LogP contribution in [0.15, 0.2) is 29.0 Å². The van der Waals surface area contributed by atoms with Crippen LogP contribution in [0.3, 0.4) is 0 Å². The molecule has 3 aromatic heterocycles. The average Bonchev–Trinajstić information content (AvgIpc) is 3.37. The standard InChI is InChI=1S/C19H24N8O/c1-2-7-20-15(6-1)14-25-8-5-11-27(13-12-25)19-18(26-9-3-4-10-26)21-16-17(22-19)24-28-23-16/h1-2,6-7H,3-5,8-14H2. The number of nitrogens with zero attached hydrogens (tertiary/aromatic N) is 8. The lowest BCUT2D eigenvalue weighted by Crippen LogP contribution is -2.33. The van der Waals surface area contributed by atoms with Crippen LogP contribution in [0.25, 0.3) is 11.3 Å². The maximum atomic E-state index is 4.86. The summed E-state index contributed by atoms with van der Waals surface area (Å²) in [6.45, 7) is 6.77. The molecular weight excluding hydrogens is 356 g/mol. The third kappa shape index (κ3) is 3.49. The zero-order valence-corrected chi connectivity index (χ0v) is 15.9. The van der Waals surface area contributed by atoms with Gasteiger partial charge in [-0.3, -0.25) is 9.88 Å². The van der Waals surface area contributed by atoms with E-state index in [9.17, 15) is 0 Å². The number of pyridine rings is 1. The Kier molecular flexibility index (Phi) is 4.74. The van der Waals surface area contributed by atoms with Gasteiger partial charge in [0.05, 0.1) is 5.69 Å². The molecule has 146 valence electrons. The molecule has 28 heavy (non-hydrogen) atoms. The Bertz CT molecular complexity index is 924. The lowest BCUT2D eigenvalue weighted by atomic mass is 10.3. The number of rotatable bonds is 4. The molecule has 0 radical (unpaired) electrons. The van der Waals surface area contributed by atoms with E-state index in [0.717, 1.165) is 69.6 Å². The van der Waals surface area contributed by atoms with Crippen LogP contribution >= 0.6 is 0 Å². The summed E-state index contributed by atoms with van der Waals surface area (Å²) < 4.78 is 4.86. The van der Waals surface area contributed by atoms with Crippen LogP contribution in [0, 0.1) is 0 Å². The molecule has 0 N–H and O–H groups in total. The molecule has 5 heterocycles. The van der Waals surface area contributed by atoms with Crippen LogP contribution in [0.5, 0.6) is 0 Å². The van der Waals surface area contributed by atoms with Gasteiger partial charge in [0.2, 0.25) is 11.3 Å². The Hall–Kier alpha value is -2.81. The molecular formula is C19H24N8O. The molecule has 3 aromatic rings. The first kappa shape index (κ1) is 17.3. The van der Waals surface area contributed by atoms with Crippen LogP contribution in [0.2, 0.25) is 0 Å². The van der Waals surface area contributed by atoms with Gasteiger partial charge in [-0.15, -0.1) is 0 Å². The van der Waals surface area contributed by atoms with Crippen molar-refractivity contribution in [2.75, 3.05) is 49.1 Å². The number of hydrogen-bond acceptors (Lipinski definition) is 9. The second kappa shape index (κ2) is 7.67. The molecule has 2 fully saturated rings. The zero-order chi connectivity index (χ0) is 18.8. The van der Waals surface area contributed by atoms with Crippen molar-refractivity contribution >= 4 is 22.9 Å². The van der Waals surface area contributed by atoms with Crippen LogP contribution in [-0.4, -0.2) is 69.4 Å². The number of anilines is 2. The molecule has 0 atom stereocenters. The van der Waals surface area contributed by atoms with Gasteiger partial charge in [-0.2, -0.15) is 0 Å². The highest BCUT2D eigenvalue weighted by Crippen LogP contribution is 2.30. The molecule has 0 unspecified atom stereocenters. The van der Waals surface area contributed by atoms with E-state index in [1.165, 1.54) is 12.8 Å². The third-order valence-electron chi connectivity index (χ3n) is 5.48. The summed E-state index contributed by atoms with van der Waals surface area (Å²) in [5.41, 5.74) is 2.08. The number of hydrogen-bond donors (Lipinski definition) is 0. The Balaban J connectivity index is 1.38. The van der Waals surface area contributed by atoms with E-state index >= 15 is 0 Å². The van der Waals surface area contributed by atoms with Crippen molar-refractivity contribution in [3.63, 3.8) is 0 Å². The summed E-state index contributed by atoms with van der Waals surface area (Å²) in [5, 5.41) is 7.81. The highest BCUT2D eigenvalue weighted by Gasteiger charge is 2.26.